The van der Waals surface area contributed by atoms with E-state index >= 15 is 0 Å². The summed E-state index contributed by atoms with van der Waals surface area (Å²) in [5.41, 5.74) is 2.26. The number of nitrogens with zero attached hydrogens (tertiary/aromatic N) is 7. The van der Waals surface area contributed by atoms with Gasteiger partial charge in [0.1, 0.15) is 17.8 Å². The number of carbonyl (C=O) groups excluding carboxylic acids is 1. The van der Waals surface area contributed by atoms with Crippen LogP contribution >= 0.6 is 11.3 Å². The summed E-state index contributed by atoms with van der Waals surface area (Å²) in [5, 5.41) is 20.8. The van der Waals surface area contributed by atoms with Crippen LogP contribution in [0.15, 0.2) is 17.5 Å². The highest BCUT2D eigenvalue weighted by Crippen LogP contribution is 2.29. The van der Waals surface area contributed by atoms with Crippen molar-refractivity contribution in [1.29, 1.82) is 10.5 Å². The minimum absolute atomic E-state index is 0.136. The number of rotatable bonds is 4. The van der Waals surface area contributed by atoms with Gasteiger partial charge in [-0.2, -0.15) is 10.5 Å². The molecule has 0 bridgehead atoms. The molecule has 0 aromatic carbocycles. The summed E-state index contributed by atoms with van der Waals surface area (Å²) < 4.78 is 0. The molecule has 1 aliphatic rings. The number of hydrogen-bond donors (Lipinski definition) is 0. The van der Waals surface area contributed by atoms with Crippen molar-refractivity contribution < 1.29 is 4.79 Å². The van der Waals surface area contributed by atoms with E-state index in [2.05, 4.69) is 22.2 Å². The molecule has 0 unspecified atom stereocenters. The number of pyridine rings is 1. The van der Waals surface area contributed by atoms with Crippen LogP contribution in [0.4, 0.5) is 10.8 Å². The van der Waals surface area contributed by atoms with Crippen molar-refractivity contribution in [1.82, 2.24) is 14.9 Å². The molecule has 3 heterocycles. The highest BCUT2D eigenvalue weighted by Gasteiger charge is 2.33. The van der Waals surface area contributed by atoms with Crippen LogP contribution in [0, 0.1) is 22.8 Å². The van der Waals surface area contributed by atoms with E-state index in [9.17, 15) is 10.1 Å². The first-order chi connectivity index (χ1) is 13.0. The lowest BCUT2D eigenvalue weighted by atomic mass is 10.2. The third-order valence-electron chi connectivity index (χ3n) is 4.50. The lowest BCUT2D eigenvalue weighted by Crippen LogP contribution is -2.42. The lowest BCUT2D eigenvalue weighted by Gasteiger charge is -2.22. The molecule has 3 rings (SSSR count). The molecule has 0 aliphatic carbocycles. The van der Waals surface area contributed by atoms with Gasteiger partial charge in [-0.15, -0.1) is 11.3 Å². The summed E-state index contributed by atoms with van der Waals surface area (Å²) in [6, 6.07) is 5.33. The summed E-state index contributed by atoms with van der Waals surface area (Å²) >= 11 is 1.33. The number of carbonyl (C=O) groups is 1. The molecule has 0 N–H and O–H groups in total. The van der Waals surface area contributed by atoms with Gasteiger partial charge in [-0.25, -0.2) is 9.97 Å². The van der Waals surface area contributed by atoms with Gasteiger partial charge >= 0.3 is 0 Å². The highest BCUT2D eigenvalue weighted by atomic mass is 32.1. The van der Waals surface area contributed by atoms with E-state index in [-0.39, 0.29) is 5.91 Å². The summed E-state index contributed by atoms with van der Waals surface area (Å²) in [4.78, 5) is 26.5. The third kappa shape index (κ3) is 3.55. The molecule has 9 heteroatoms. The molecule has 0 saturated carbocycles. The first-order valence-electron chi connectivity index (χ1n) is 8.44. The van der Waals surface area contributed by atoms with E-state index in [1.54, 1.807) is 7.05 Å². The Bertz CT molecular complexity index is 940. The van der Waals surface area contributed by atoms with Crippen molar-refractivity contribution in [2.75, 3.05) is 37.5 Å². The summed E-state index contributed by atoms with van der Waals surface area (Å²) in [6.45, 7) is 0.614. The van der Waals surface area contributed by atoms with Crippen molar-refractivity contribution in [3.05, 3.63) is 23.2 Å². The van der Waals surface area contributed by atoms with Gasteiger partial charge < -0.3 is 4.90 Å². The monoisotopic (exact) mass is 381 g/mol. The largest absolute Gasteiger partial charge is 0.375 e. The minimum Gasteiger partial charge on any atom is -0.375 e. The zero-order chi connectivity index (χ0) is 19.6. The second-order valence-corrected chi connectivity index (χ2v) is 7.27. The van der Waals surface area contributed by atoms with Crippen molar-refractivity contribution in [2.24, 2.45) is 0 Å². The molecule has 1 atom stereocenters. The van der Waals surface area contributed by atoms with Crippen LogP contribution in [0.2, 0.25) is 0 Å². The number of anilines is 2. The summed E-state index contributed by atoms with van der Waals surface area (Å²) in [7, 11) is 5.38. The molecule has 2 aromatic heterocycles. The Hall–Kier alpha value is -3.17. The quantitative estimate of drug-likeness (QED) is 0.747. The van der Waals surface area contributed by atoms with Crippen molar-refractivity contribution in [3.63, 3.8) is 0 Å². The Morgan fingerprint density at radius 1 is 1.26 bits per heavy atom. The van der Waals surface area contributed by atoms with E-state index in [0.29, 0.717) is 35.2 Å². The van der Waals surface area contributed by atoms with Crippen LogP contribution in [0.5, 0.6) is 0 Å². The SMILES string of the molecule is CN(C)c1ccc(-c2csc(N(C)C(=O)[C@@H]3CCCN3C#N)n2)nc1C#N. The van der Waals surface area contributed by atoms with Gasteiger partial charge in [-0.3, -0.25) is 14.6 Å². The Morgan fingerprint density at radius 3 is 2.70 bits per heavy atom. The molecule has 138 valence electrons. The predicted molar refractivity (Wildman–Crippen MR) is 103 cm³/mol. The first-order valence-corrected chi connectivity index (χ1v) is 9.32. The van der Waals surface area contributed by atoms with Gasteiger partial charge in [-0.05, 0) is 25.0 Å². The van der Waals surface area contributed by atoms with Crippen molar-refractivity contribution >= 4 is 28.1 Å². The Balaban J connectivity index is 1.84. The van der Waals surface area contributed by atoms with Gasteiger partial charge in [-0.1, -0.05) is 0 Å². The second kappa shape index (κ2) is 7.60. The molecule has 27 heavy (non-hydrogen) atoms. The number of aromatic nitrogens is 2. The average Bonchev–Trinajstić information content (AvgIpc) is 3.35. The van der Waals surface area contributed by atoms with Gasteiger partial charge in [0.25, 0.3) is 5.91 Å². The van der Waals surface area contributed by atoms with Crippen molar-refractivity contribution in [3.8, 4) is 23.7 Å². The molecule has 0 radical (unpaired) electrons. The Morgan fingerprint density at radius 2 is 2.04 bits per heavy atom. The third-order valence-corrected chi connectivity index (χ3v) is 5.42. The predicted octanol–water partition coefficient (Wildman–Crippen LogP) is 2.05. The topological polar surface area (TPSA) is 100 Å². The van der Waals surface area contributed by atoms with Crippen LogP contribution in [0.1, 0.15) is 18.5 Å². The van der Waals surface area contributed by atoms with E-state index in [0.717, 1.165) is 12.1 Å². The maximum absolute atomic E-state index is 12.7. The molecular formula is C18H19N7OS. The number of likely N-dealkylation sites (N-methyl/N-ethyl adjacent to an activating group) is 1. The first kappa shape index (κ1) is 18.6. The number of likely N-dealkylation sites (tertiary alicyclic amines) is 1. The zero-order valence-electron chi connectivity index (χ0n) is 15.4. The van der Waals surface area contributed by atoms with Crippen molar-refractivity contribution in [2.45, 2.75) is 18.9 Å². The summed E-state index contributed by atoms with van der Waals surface area (Å²) in [5.74, 6) is -0.136. The molecular weight excluding hydrogens is 362 g/mol. The molecule has 1 fully saturated rings. The smallest absolute Gasteiger partial charge is 0.251 e. The van der Waals surface area contributed by atoms with Crippen LogP contribution in [-0.2, 0) is 4.79 Å². The van der Waals surface area contributed by atoms with Gasteiger partial charge in [0.15, 0.2) is 17.0 Å². The van der Waals surface area contributed by atoms with Crippen LogP contribution in [-0.4, -0.2) is 54.5 Å². The molecule has 1 aliphatic heterocycles. The normalized spacial score (nSPS) is 15.9. The molecule has 0 spiro atoms. The maximum Gasteiger partial charge on any atom is 0.251 e. The van der Waals surface area contributed by atoms with E-state index in [1.165, 1.54) is 21.1 Å². The lowest BCUT2D eigenvalue weighted by molar-refractivity contribution is -0.121. The van der Waals surface area contributed by atoms with Crippen LogP contribution in [0.25, 0.3) is 11.4 Å². The van der Waals surface area contributed by atoms with E-state index in [1.807, 2.05) is 36.5 Å². The van der Waals surface area contributed by atoms with Gasteiger partial charge in [0.05, 0.1) is 11.4 Å². The van der Waals surface area contributed by atoms with Gasteiger partial charge in [0.2, 0.25) is 0 Å². The Labute approximate surface area is 161 Å². The number of hydrogen-bond acceptors (Lipinski definition) is 8. The Kier molecular flexibility index (Phi) is 5.24. The van der Waals surface area contributed by atoms with Crippen LogP contribution in [0.3, 0.4) is 0 Å². The minimum atomic E-state index is -0.421. The number of nitriles is 2. The molecule has 8 nitrogen and oxygen atoms in total. The standard InChI is InChI=1S/C18H19N7OS/c1-23(2)15-7-6-12(21-13(15)9-19)14-10-27-18(22-14)24(3)17(26)16-5-4-8-25(16)11-20/h6-7,10,16H,4-5,8H2,1-3H3/t16-/m0/s1. The highest BCUT2D eigenvalue weighted by molar-refractivity contribution is 7.14. The molecule has 1 amide bonds. The number of thiazole rings is 1. The van der Waals surface area contributed by atoms with Crippen LogP contribution < -0.4 is 9.80 Å². The molecule has 2 aromatic rings. The van der Waals surface area contributed by atoms with E-state index in [4.69, 9.17) is 5.26 Å². The average molecular weight is 381 g/mol. The van der Waals surface area contributed by atoms with E-state index < -0.39 is 6.04 Å². The second-order valence-electron chi connectivity index (χ2n) is 6.43. The summed E-state index contributed by atoms with van der Waals surface area (Å²) in [6.07, 6.45) is 3.59. The van der Waals surface area contributed by atoms with Gasteiger partial charge in [0, 0.05) is 33.1 Å². The fraction of sp³-hybridized carbons (Fsp3) is 0.389. The fourth-order valence-corrected chi connectivity index (χ4v) is 3.82. The fourth-order valence-electron chi connectivity index (χ4n) is 3.03. The maximum atomic E-state index is 12.7. The molecule has 1 saturated heterocycles. The number of amides is 1. The zero-order valence-corrected chi connectivity index (χ0v) is 16.2.